The smallest absolute Gasteiger partial charge is 0.339 e. The molecule has 0 atom stereocenters. The third-order valence-electron chi connectivity index (χ3n) is 1.88. The van der Waals surface area contributed by atoms with Gasteiger partial charge in [-0.25, -0.2) is 14.8 Å². The number of rotatable bonds is 3. The fraction of sp³-hybridized carbons (Fsp3) is 0.100. The van der Waals surface area contributed by atoms with Crippen molar-refractivity contribution in [3.63, 3.8) is 0 Å². The monoisotopic (exact) mass is 235 g/mol. The van der Waals surface area contributed by atoms with Crippen LogP contribution >= 0.6 is 11.3 Å². The normalized spacial score (nSPS) is 10.1. The Morgan fingerprint density at radius 3 is 3.00 bits per heavy atom. The van der Waals surface area contributed by atoms with Crippen molar-refractivity contribution >= 4 is 28.3 Å². The number of nitrogens with one attached hydrogen (secondary N) is 1. The minimum absolute atomic E-state index is 0.135. The first kappa shape index (κ1) is 10.6. The Balaban J connectivity index is 2.31. The molecule has 0 radical (unpaired) electrons. The average Bonchev–Trinajstić information content (AvgIpc) is 2.64. The Labute approximate surface area is 95.8 Å². The number of carboxylic acid groups (broad SMARTS) is 1. The molecule has 0 amide bonds. The van der Waals surface area contributed by atoms with Crippen LogP contribution in [0, 0.1) is 6.92 Å². The van der Waals surface area contributed by atoms with Gasteiger partial charge in [0, 0.05) is 11.6 Å². The number of hydrogen-bond acceptors (Lipinski definition) is 5. The van der Waals surface area contributed by atoms with Crippen LogP contribution in [0.25, 0.3) is 0 Å². The standard InChI is InChI=1S/C10H9N3O2S/c1-6-5-16-10(12-6)13-8-7(9(14)15)3-2-4-11-8/h2-5H,1H3,(H,14,15)(H,11,12,13). The van der Waals surface area contributed by atoms with Gasteiger partial charge in [0.05, 0.1) is 5.69 Å². The van der Waals surface area contributed by atoms with Gasteiger partial charge in [-0.15, -0.1) is 11.3 Å². The molecule has 2 rings (SSSR count). The topological polar surface area (TPSA) is 75.1 Å². The fourth-order valence-electron chi connectivity index (χ4n) is 1.19. The van der Waals surface area contributed by atoms with Crippen LogP contribution in [0.1, 0.15) is 16.1 Å². The minimum atomic E-state index is -1.01. The van der Waals surface area contributed by atoms with Crippen LogP contribution < -0.4 is 5.32 Å². The summed E-state index contributed by atoms with van der Waals surface area (Å²) in [5, 5.41) is 14.4. The van der Waals surface area contributed by atoms with E-state index >= 15 is 0 Å². The van der Waals surface area contributed by atoms with E-state index in [1.54, 1.807) is 6.07 Å². The van der Waals surface area contributed by atoms with Crippen molar-refractivity contribution in [2.45, 2.75) is 6.92 Å². The first-order valence-electron chi connectivity index (χ1n) is 4.54. The van der Waals surface area contributed by atoms with Crippen molar-refractivity contribution in [2.24, 2.45) is 0 Å². The van der Waals surface area contributed by atoms with E-state index < -0.39 is 5.97 Å². The van der Waals surface area contributed by atoms with E-state index in [0.29, 0.717) is 10.9 Å². The highest BCUT2D eigenvalue weighted by Crippen LogP contribution is 2.21. The van der Waals surface area contributed by atoms with Crippen LogP contribution in [-0.4, -0.2) is 21.0 Å². The number of hydrogen-bond donors (Lipinski definition) is 2. The molecule has 0 aromatic carbocycles. The number of aromatic nitrogens is 2. The molecular formula is C10H9N3O2S. The molecule has 0 aliphatic carbocycles. The molecule has 0 spiro atoms. The zero-order chi connectivity index (χ0) is 11.5. The number of anilines is 2. The molecule has 0 fully saturated rings. The summed E-state index contributed by atoms with van der Waals surface area (Å²) in [7, 11) is 0. The van der Waals surface area contributed by atoms with Crippen LogP contribution in [0.2, 0.25) is 0 Å². The van der Waals surface area contributed by atoms with Crippen LogP contribution in [0.4, 0.5) is 10.9 Å². The van der Waals surface area contributed by atoms with Gasteiger partial charge in [0.1, 0.15) is 11.4 Å². The van der Waals surface area contributed by atoms with E-state index in [4.69, 9.17) is 5.11 Å². The summed E-state index contributed by atoms with van der Waals surface area (Å²) in [5.41, 5.74) is 1.02. The Morgan fingerprint density at radius 2 is 2.38 bits per heavy atom. The van der Waals surface area contributed by atoms with Gasteiger partial charge in [-0.2, -0.15) is 0 Å². The lowest BCUT2D eigenvalue weighted by molar-refractivity contribution is 0.0697. The Bertz CT molecular complexity index is 524. The van der Waals surface area contributed by atoms with Gasteiger partial charge in [-0.1, -0.05) is 0 Å². The van der Waals surface area contributed by atoms with Gasteiger partial charge in [0.25, 0.3) is 0 Å². The number of carbonyl (C=O) groups is 1. The predicted molar refractivity (Wildman–Crippen MR) is 61.3 cm³/mol. The van der Waals surface area contributed by atoms with Crippen molar-refractivity contribution in [1.29, 1.82) is 0 Å². The minimum Gasteiger partial charge on any atom is -0.478 e. The zero-order valence-corrected chi connectivity index (χ0v) is 9.28. The van der Waals surface area contributed by atoms with Crippen LogP contribution in [0.15, 0.2) is 23.7 Å². The maximum Gasteiger partial charge on any atom is 0.339 e. The van der Waals surface area contributed by atoms with E-state index in [1.807, 2.05) is 12.3 Å². The maximum atomic E-state index is 10.9. The highest BCUT2D eigenvalue weighted by atomic mass is 32.1. The molecule has 2 aromatic heterocycles. The first-order valence-corrected chi connectivity index (χ1v) is 5.42. The molecule has 6 heteroatoms. The lowest BCUT2D eigenvalue weighted by Gasteiger charge is -2.04. The number of aryl methyl sites for hydroxylation is 1. The van der Waals surface area contributed by atoms with Gasteiger partial charge < -0.3 is 10.4 Å². The van der Waals surface area contributed by atoms with Crippen LogP contribution in [0.5, 0.6) is 0 Å². The molecule has 2 N–H and O–H groups in total. The molecule has 0 saturated heterocycles. The molecule has 5 nitrogen and oxygen atoms in total. The Kier molecular flexibility index (Phi) is 2.82. The molecular weight excluding hydrogens is 226 g/mol. The van der Waals surface area contributed by atoms with Gasteiger partial charge >= 0.3 is 5.97 Å². The molecule has 0 bridgehead atoms. The third kappa shape index (κ3) is 2.17. The Morgan fingerprint density at radius 1 is 1.56 bits per heavy atom. The second kappa shape index (κ2) is 4.28. The molecule has 0 saturated carbocycles. The van der Waals surface area contributed by atoms with Crippen LogP contribution in [-0.2, 0) is 0 Å². The zero-order valence-electron chi connectivity index (χ0n) is 8.47. The van der Waals surface area contributed by atoms with Gasteiger partial charge in [-0.3, -0.25) is 0 Å². The van der Waals surface area contributed by atoms with Gasteiger partial charge in [-0.05, 0) is 19.1 Å². The molecule has 2 heterocycles. The second-order valence-corrected chi connectivity index (χ2v) is 3.98. The highest BCUT2D eigenvalue weighted by Gasteiger charge is 2.11. The van der Waals surface area contributed by atoms with Crippen molar-refractivity contribution in [3.8, 4) is 0 Å². The molecule has 0 unspecified atom stereocenters. The summed E-state index contributed by atoms with van der Waals surface area (Å²) in [6.07, 6.45) is 1.54. The molecule has 0 aliphatic rings. The van der Waals surface area contributed by atoms with E-state index in [-0.39, 0.29) is 5.56 Å². The van der Waals surface area contributed by atoms with Crippen molar-refractivity contribution in [1.82, 2.24) is 9.97 Å². The summed E-state index contributed by atoms with van der Waals surface area (Å²) >= 11 is 1.41. The van der Waals surface area contributed by atoms with Crippen molar-refractivity contribution < 1.29 is 9.90 Å². The largest absolute Gasteiger partial charge is 0.478 e. The van der Waals surface area contributed by atoms with Gasteiger partial charge in [0.15, 0.2) is 5.13 Å². The summed E-state index contributed by atoms with van der Waals surface area (Å²) < 4.78 is 0. The summed E-state index contributed by atoms with van der Waals surface area (Å²) in [6, 6.07) is 3.08. The number of carboxylic acids is 1. The number of aromatic carboxylic acids is 1. The number of thiazole rings is 1. The lowest BCUT2D eigenvalue weighted by Crippen LogP contribution is -2.04. The lowest BCUT2D eigenvalue weighted by atomic mass is 10.2. The number of pyridine rings is 1. The molecule has 16 heavy (non-hydrogen) atoms. The number of nitrogens with zero attached hydrogens (tertiary/aromatic N) is 2. The molecule has 82 valence electrons. The summed E-state index contributed by atoms with van der Waals surface area (Å²) in [4.78, 5) is 19.1. The Hall–Kier alpha value is -1.95. The van der Waals surface area contributed by atoms with E-state index in [1.165, 1.54) is 23.6 Å². The summed E-state index contributed by atoms with van der Waals surface area (Å²) in [6.45, 7) is 1.87. The van der Waals surface area contributed by atoms with Crippen molar-refractivity contribution in [3.05, 3.63) is 35.0 Å². The second-order valence-electron chi connectivity index (χ2n) is 3.12. The van der Waals surface area contributed by atoms with Crippen molar-refractivity contribution in [2.75, 3.05) is 5.32 Å². The molecule has 2 aromatic rings. The fourth-order valence-corrected chi connectivity index (χ4v) is 1.88. The quantitative estimate of drug-likeness (QED) is 0.853. The third-order valence-corrected chi connectivity index (χ3v) is 2.76. The van der Waals surface area contributed by atoms with E-state index in [9.17, 15) is 4.79 Å². The SMILES string of the molecule is Cc1csc(Nc2ncccc2C(=O)O)n1. The maximum absolute atomic E-state index is 10.9. The first-order chi connectivity index (χ1) is 7.66. The van der Waals surface area contributed by atoms with E-state index in [2.05, 4.69) is 15.3 Å². The summed E-state index contributed by atoms with van der Waals surface area (Å²) in [5.74, 6) is -0.701. The molecule has 0 aliphatic heterocycles. The average molecular weight is 235 g/mol. The highest BCUT2D eigenvalue weighted by molar-refractivity contribution is 7.13. The van der Waals surface area contributed by atoms with E-state index in [0.717, 1.165) is 5.69 Å². The van der Waals surface area contributed by atoms with Gasteiger partial charge in [0.2, 0.25) is 0 Å². The predicted octanol–water partition coefficient (Wildman–Crippen LogP) is 2.29. The van der Waals surface area contributed by atoms with Crippen LogP contribution in [0.3, 0.4) is 0 Å².